The number of hydrogen-bond donors (Lipinski definition) is 0. The highest BCUT2D eigenvalue weighted by Crippen LogP contribution is 2.22. The van der Waals surface area contributed by atoms with E-state index in [2.05, 4.69) is 6.92 Å². The molecule has 118 valence electrons. The molecular weight excluding hydrogens is 280 g/mol. The van der Waals surface area contributed by atoms with Crippen LogP contribution in [0.3, 0.4) is 0 Å². The third-order valence-electron chi connectivity index (χ3n) is 3.64. The highest BCUT2D eigenvalue weighted by molar-refractivity contribution is 7.92. The van der Waals surface area contributed by atoms with Gasteiger partial charge in [-0.3, -0.25) is 0 Å². The summed E-state index contributed by atoms with van der Waals surface area (Å²) in [5, 5.41) is -0.439. The van der Waals surface area contributed by atoms with Crippen molar-refractivity contribution in [2.24, 2.45) is 5.92 Å². The Kier molecular flexibility index (Phi) is 7.73. The van der Waals surface area contributed by atoms with Crippen molar-refractivity contribution in [3.05, 3.63) is 42.5 Å². The van der Waals surface area contributed by atoms with Gasteiger partial charge in [0.15, 0.2) is 9.84 Å². The molecule has 2 nitrogen and oxygen atoms in total. The first-order chi connectivity index (χ1) is 10.00. The van der Waals surface area contributed by atoms with Gasteiger partial charge >= 0.3 is 0 Å². The molecule has 3 heteroatoms. The largest absolute Gasteiger partial charge is 0.223 e. The van der Waals surface area contributed by atoms with Crippen molar-refractivity contribution in [3.8, 4) is 0 Å². The number of benzene rings is 1. The molecular formula is C18H28O2S. The van der Waals surface area contributed by atoms with Crippen molar-refractivity contribution in [2.75, 3.05) is 0 Å². The molecule has 1 aromatic carbocycles. The molecule has 0 radical (unpaired) electrons. The van der Waals surface area contributed by atoms with Crippen LogP contribution in [0.15, 0.2) is 47.4 Å². The number of hydrogen-bond acceptors (Lipinski definition) is 2. The van der Waals surface area contributed by atoms with E-state index in [4.69, 9.17) is 0 Å². The Morgan fingerprint density at radius 2 is 1.71 bits per heavy atom. The Balaban J connectivity index is 2.76. The van der Waals surface area contributed by atoms with Gasteiger partial charge in [0.25, 0.3) is 0 Å². The summed E-state index contributed by atoms with van der Waals surface area (Å²) in [6.07, 6.45) is 9.73. The fraction of sp³-hybridized carbons (Fsp3) is 0.556. The van der Waals surface area contributed by atoms with Crippen LogP contribution in [0, 0.1) is 5.92 Å². The predicted octanol–water partition coefficient (Wildman–Crippen LogP) is 5.01. The maximum absolute atomic E-state index is 12.7. The van der Waals surface area contributed by atoms with Crippen LogP contribution < -0.4 is 0 Å². The summed E-state index contributed by atoms with van der Waals surface area (Å²) in [6, 6.07) is 8.75. The maximum Gasteiger partial charge on any atom is 0.185 e. The molecule has 21 heavy (non-hydrogen) atoms. The average molecular weight is 308 g/mol. The number of unbranched alkanes of at least 4 members (excludes halogenated alkanes) is 4. The molecule has 0 aliphatic heterocycles. The fourth-order valence-electron chi connectivity index (χ4n) is 2.37. The Morgan fingerprint density at radius 1 is 1.05 bits per heavy atom. The van der Waals surface area contributed by atoms with Crippen LogP contribution in [0.1, 0.15) is 52.9 Å². The minimum Gasteiger partial charge on any atom is -0.223 e. The van der Waals surface area contributed by atoms with Crippen LogP contribution in [0.5, 0.6) is 0 Å². The van der Waals surface area contributed by atoms with E-state index in [1.54, 1.807) is 24.3 Å². The van der Waals surface area contributed by atoms with Crippen molar-refractivity contribution in [1.29, 1.82) is 0 Å². The lowest BCUT2D eigenvalue weighted by molar-refractivity contribution is 0.560. The standard InChI is InChI=1S/C18H28O2S/c1-4-5-6-7-8-12-15-18(16(2)3)21(19,20)17-13-10-9-11-14-17/h9-16,18H,4-8H2,1-3H3/b15-12+. The molecule has 0 bridgehead atoms. The van der Waals surface area contributed by atoms with Crippen LogP contribution in [0.25, 0.3) is 0 Å². The molecule has 1 rings (SSSR count). The zero-order valence-electron chi connectivity index (χ0n) is 13.5. The molecule has 0 aliphatic rings. The number of sulfone groups is 1. The van der Waals surface area contributed by atoms with Crippen molar-refractivity contribution < 1.29 is 8.42 Å². The van der Waals surface area contributed by atoms with Crippen LogP contribution in [0.2, 0.25) is 0 Å². The summed E-state index contributed by atoms with van der Waals surface area (Å²) in [6.45, 7) is 6.12. The summed E-state index contributed by atoms with van der Waals surface area (Å²) in [7, 11) is -3.28. The van der Waals surface area contributed by atoms with Gasteiger partial charge in [-0.15, -0.1) is 0 Å². The van der Waals surface area contributed by atoms with Crippen molar-refractivity contribution in [1.82, 2.24) is 0 Å². The highest BCUT2D eigenvalue weighted by Gasteiger charge is 2.27. The summed E-state index contributed by atoms with van der Waals surface area (Å²) < 4.78 is 25.4. The third kappa shape index (κ3) is 5.66. The molecule has 0 amide bonds. The molecule has 1 unspecified atom stereocenters. The van der Waals surface area contributed by atoms with E-state index >= 15 is 0 Å². The van der Waals surface area contributed by atoms with E-state index < -0.39 is 15.1 Å². The van der Waals surface area contributed by atoms with Gasteiger partial charge in [0.2, 0.25) is 0 Å². The van der Waals surface area contributed by atoms with Crippen molar-refractivity contribution in [2.45, 2.75) is 63.0 Å². The van der Waals surface area contributed by atoms with E-state index in [9.17, 15) is 8.42 Å². The topological polar surface area (TPSA) is 34.1 Å². The van der Waals surface area contributed by atoms with Gasteiger partial charge in [-0.25, -0.2) is 8.42 Å². The lowest BCUT2D eigenvalue weighted by Crippen LogP contribution is -2.24. The minimum absolute atomic E-state index is 0.0714. The molecule has 0 aromatic heterocycles. The first-order valence-electron chi connectivity index (χ1n) is 7.95. The molecule has 0 heterocycles. The van der Waals surface area contributed by atoms with E-state index in [0.29, 0.717) is 4.90 Å². The summed E-state index contributed by atoms with van der Waals surface area (Å²) >= 11 is 0. The Labute approximate surface area is 130 Å². The zero-order chi connectivity index (χ0) is 15.7. The molecule has 0 saturated heterocycles. The molecule has 1 aromatic rings. The van der Waals surface area contributed by atoms with E-state index in [-0.39, 0.29) is 5.92 Å². The molecule has 0 spiro atoms. The Morgan fingerprint density at radius 3 is 2.29 bits per heavy atom. The second-order valence-electron chi connectivity index (χ2n) is 5.84. The lowest BCUT2D eigenvalue weighted by Gasteiger charge is -2.18. The molecule has 1 atom stereocenters. The van der Waals surface area contributed by atoms with Crippen LogP contribution >= 0.6 is 0 Å². The van der Waals surface area contributed by atoms with Crippen molar-refractivity contribution in [3.63, 3.8) is 0 Å². The number of allylic oxidation sites excluding steroid dienone is 1. The predicted molar refractivity (Wildman–Crippen MR) is 90.2 cm³/mol. The quantitative estimate of drug-likeness (QED) is 0.474. The first kappa shape index (κ1) is 18.0. The summed E-state index contributed by atoms with van der Waals surface area (Å²) in [5.41, 5.74) is 0. The van der Waals surface area contributed by atoms with Gasteiger partial charge in [0.05, 0.1) is 10.1 Å². The number of rotatable bonds is 9. The maximum atomic E-state index is 12.7. The average Bonchev–Trinajstić information content (AvgIpc) is 2.46. The molecule has 0 fully saturated rings. The zero-order valence-corrected chi connectivity index (χ0v) is 14.3. The molecule has 0 N–H and O–H groups in total. The third-order valence-corrected chi connectivity index (χ3v) is 5.98. The second-order valence-corrected chi connectivity index (χ2v) is 7.95. The smallest absolute Gasteiger partial charge is 0.185 e. The normalized spacial score (nSPS) is 13.9. The van der Waals surface area contributed by atoms with E-state index in [0.717, 1.165) is 12.8 Å². The molecule has 0 saturated carbocycles. The summed E-state index contributed by atoms with van der Waals surface area (Å²) in [4.78, 5) is 0.416. The SMILES string of the molecule is CCCCCC/C=C/C(C(C)C)S(=O)(=O)c1ccccc1. The summed E-state index contributed by atoms with van der Waals surface area (Å²) in [5.74, 6) is 0.0714. The first-order valence-corrected chi connectivity index (χ1v) is 9.50. The highest BCUT2D eigenvalue weighted by atomic mass is 32.2. The van der Waals surface area contributed by atoms with Gasteiger partial charge in [-0.05, 0) is 30.9 Å². The van der Waals surface area contributed by atoms with Crippen LogP contribution in [0.4, 0.5) is 0 Å². The van der Waals surface area contributed by atoms with E-state index in [1.165, 1.54) is 19.3 Å². The Hall–Kier alpha value is -1.09. The van der Waals surface area contributed by atoms with Crippen LogP contribution in [-0.4, -0.2) is 13.7 Å². The van der Waals surface area contributed by atoms with Gasteiger partial charge in [0, 0.05) is 0 Å². The van der Waals surface area contributed by atoms with Gasteiger partial charge in [0.1, 0.15) is 0 Å². The fourth-order valence-corrected chi connectivity index (χ4v) is 4.26. The van der Waals surface area contributed by atoms with Gasteiger partial charge < -0.3 is 0 Å². The monoisotopic (exact) mass is 308 g/mol. The minimum atomic E-state index is -3.28. The van der Waals surface area contributed by atoms with Crippen molar-refractivity contribution >= 4 is 9.84 Å². The van der Waals surface area contributed by atoms with Gasteiger partial charge in [-0.1, -0.05) is 70.4 Å². The molecule has 0 aliphatic carbocycles. The second kappa shape index (κ2) is 9.04. The van der Waals surface area contributed by atoms with E-state index in [1.807, 2.05) is 32.1 Å². The van der Waals surface area contributed by atoms with Gasteiger partial charge in [-0.2, -0.15) is 0 Å². The Bertz CT molecular complexity index is 515. The van der Waals surface area contributed by atoms with Crippen LogP contribution in [-0.2, 0) is 9.84 Å². The lowest BCUT2D eigenvalue weighted by atomic mass is 10.1.